The van der Waals surface area contributed by atoms with Gasteiger partial charge in [0.1, 0.15) is 6.04 Å². The van der Waals surface area contributed by atoms with E-state index in [-0.39, 0.29) is 24.4 Å². The van der Waals surface area contributed by atoms with Crippen LogP contribution in [-0.4, -0.2) is 44.7 Å². The predicted molar refractivity (Wildman–Crippen MR) is 71.0 cm³/mol. The number of tetrazole rings is 1. The van der Waals surface area contributed by atoms with Crippen LogP contribution < -0.4 is 5.32 Å². The molecule has 20 heavy (non-hydrogen) atoms. The third-order valence-electron chi connectivity index (χ3n) is 3.03. The largest absolute Gasteiger partial charge is 0.460 e. The van der Waals surface area contributed by atoms with E-state index in [0.717, 1.165) is 12.8 Å². The summed E-state index contributed by atoms with van der Waals surface area (Å²) >= 11 is 0. The third kappa shape index (κ3) is 3.75. The van der Waals surface area contributed by atoms with E-state index in [1.54, 1.807) is 13.8 Å². The Hall–Kier alpha value is -1.99. The van der Waals surface area contributed by atoms with E-state index < -0.39 is 12.0 Å². The smallest absolute Gasteiger partial charge is 0.378 e. The Morgan fingerprint density at radius 2 is 1.95 bits per heavy atom. The standard InChI is InChI=1S/C12H21N5O3/c1-5-9(6-2)13-11(18)8(4)17-10(14-15-16-17)12(19)20-7-3/h8-9H,5-7H2,1-4H3,(H,13,18). The Morgan fingerprint density at radius 3 is 2.50 bits per heavy atom. The molecule has 0 saturated carbocycles. The second-order valence-electron chi connectivity index (χ2n) is 4.37. The van der Waals surface area contributed by atoms with Crippen LogP contribution >= 0.6 is 0 Å². The summed E-state index contributed by atoms with van der Waals surface area (Å²) in [5.74, 6) is -0.935. The van der Waals surface area contributed by atoms with Crippen LogP contribution in [0.1, 0.15) is 57.2 Å². The highest BCUT2D eigenvalue weighted by Gasteiger charge is 2.25. The zero-order valence-corrected chi connectivity index (χ0v) is 12.3. The molecule has 112 valence electrons. The van der Waals surface area contributed by atoms with Gasteiger partial charge in [-0.15, -0.1) is 5.10 Å². The molecule has 0 aliphatic carbocycles. The minimum absolute atomic E-state index is 0.0703. The first kappa shape index (κ1) is 16.1. The zero-order chi connectivity index (χ0) is 15.1. The highest BCUT2D eigenvalue weighted by molar-refractivity contribution is 5.87. The summed E-state index contributed by atoms with van der Waals surface area (Å²) in [4.78, 5) is 23.8. The third-order valence-corrected chi connectivity index (χ3v) is 3.03. The van der Waals surface area contributed by atoms with Crippen molar-refractivity contribution >= 4 is 11.9 Å². The quantitative estimate of drug-likeness (QED) is 0.740. The summed E-state index contributed by atoms with van der Waals surface area (Å²) in [6.07, 6.45) is 1.69. The van der Waals surface area contributed by atoms with E-state index in [2.05, 4.69) is 20.8 Å². The molecule has 0 fully saturated rings. The van der Waals surface area contributed by atoms with Gasteiger partial charge < -0.3 is 10.1 Å². The molecule has 0 aliphatic heterocycles. The number of amides is 1. The van der Waals surface area contributed by atoms with Gasteiger partial charge in [-0.25, -0.2) is 9.48 Å². The fourth-order valence-corrected chi connectivity index (χ4v) is 1.71. The van der Waals surface area contributed by atoms with Gasteiger partial charge in [0, 0.05) is 6.04 Å². The Kier molecular flexibility index (Phi) is 6.08. The van der Waals surface area contributed by atoms with Gasteiger partial charge in [-0.05, 0) is 37.1 Å². The number of nitrogens with one attached hydrogen (secondary N) is 1. The van der Waals surface area contributed by atoms with Gasteiger partial charge in [0.15, 0.2) is 0 Å². The van der Waals surface area contributed by atoms with E-state index in [9.17, 15) is 9.59 Å². The number of nitrogens with zero attached hydrogens (tertiary/aromatic N) is 4. The molecule has 1 heterocycles. The molecule has 0 saturated heterocycles. The summed E-state index contributed by atoms with van der Waals surface area (Å²) in [7, 11) is 0. The summed E-state index contributed by atoms with van der Waals surface area (Å²) in [5, 5.41) is 13.6. The van der Waals surface area contributed by atoms with Crippen LogP contribution in [0, 0.1) is 0 Å². The van der Waals surface area contributed by atoms with Crippen LogP contribution in [0.15, 0.2) is 0 Å². The Balaban J connectivity index is 2.82. The average molecular weight is 283 g/mol. The number of ether oxygens (including phenoxy) is 1. The molecule has 8 heteroatoms. The van der Waals surface area contributed by atoms with Gasteiger partial charge in [-0.2, -0.15) is 0 Å². The maximum atomic E-state index is 12.1. The number of rotatable bonds is 7. The number of carbonyl (C=O) groups is 2. The van der Waals surface area contributed by atoms with Crippen LogP contribution in [-0.2, 0) is 9.53 Å². The number of hydrogen-bond donors (Lipinski definition) is 1. The maximum Gasteiger partial charge on any atom is 0.378 e. The summed E-state index contributed by atoms with van der Waals surface area (Å²) in [6, 6.07) is -0.572. The monoisotopic (exact) mass is 283 g/mol. The SMILES string of the molecule is CCOC(=O)c1nnnn1C(C)C(=O)NC(CC)CC. The fourth-order valence-electron chi connectivity index (χ4n) is 1.71. The molecule has 1 amide bonds. The molecule has 0 aliphatic rings. The van der Waals surface area contributed by atoms with Gasteiger partial charge in [-0.1, -0.05) is 13.8 Å². The molecule has 1 atom stereocenters. The molecule has 1 aromatic rings. The molecular weight excluding hydrogens is 262 g/mol. The van der Waals surface area contributed by atoms with Crippen molar-refractivity contribution in [1.29, 1.82) is 0 Å². The summed E-state index contributed by atoms with van der Waals surface area (Å²) in [6.45, 7) is 7.55. The van der Waals surface area contributed by atoms with Gasteiger partial charge in [0.25, 0.3) is 5.82 Å². The highest BCUT2D eigenvalue weighted by Crippen LogP contribution is 2.09. The lowest BCUT2D eigenvalue weighted by molar-refractivity contribution is -0.125. The first-order chi connectivity index (χ1) is 9.54. The maximum absolute atomic E-state index is 12.1. The molecule has 1 rings (SSSR count). The van der Waals surface area contributed by atoms with Crippen molar-refractivity contribution in [1.82, 2.24) is 25.5 Å². The van der Waals surface area contributed by atoms with Gasteiger partial charge >= 0.3 is 5.97 Å². The van der Waals surface area contributed by atoms with E-state index in [0.29, 0.717) is 0 Å². The zero-order valence-electron chi connectivity index (χ0n) is 12.3. The van der Waals surface area contributed by atoms with Crippen LogP contribution in [0.5, 0.6) is 0 Å². The number of aromatic nitrogens is 4. The Morgan fingerprint density at radius 1 is 1.30 bits per heavy atom. The number of esters is 1. The second kappa shape index (κ2) is 7.56. The molecule has 1 N–H and O–H groups in total. The Bertz CT molecular complexity index is 456. The van der Waals surface area contributed by atoms with E-state index in [1.165, 1.54) is 4.68 Å². The Labute approximate surface area is 117 Å². The molecule has 8 nitrogen and oxygen atoms in total. The molecule has 0 bridgehead atoms. The van der Waals surface area contributed by atoms with Crippen molar-refractivity contribution in [2.75, 3.05) is 6.61 Å². The van der Waals surface area contributed by atoms with Gasteiger partial charge in [-0.3, -0.25) is 4.79 Å². The molecule has 1 aromatic heterocycles. The summed E-state index contributed by atoms with van der Waals surface area (Å²) < 4.78 is 6.02. The van der Waals surface area contributed by atoms with Crippen molar-refractivity contribution in [3.05, 3.63) is 5.82 Å². The van der Waals surface area contributed by atoms with Crippen LogP contribution in [0.2, 0.25) is 0 Å². The molecular formula is C12H21N5O3. The topological polar surface area (TPSA) is 99.0 Å². The second-order valence-corrected chi connectivity index (χ2v) is 4.37. The first-order valence-electron chi connectivity index (χ1n) is 6.80. The molecule has 0 aromatic carbocycles. The normalized spacial score (nSPS) is 12.2. The van der Waals surface area contributed by atoms with Crippen molar-refractivity contribution in [3.63, 3.8) is 0 Å². The van der Waals surface area contributed by atoms with E-state index >= 15 is 0 Å². The van der Waals surface area contributed by atoms with Crippen molar-refractivity contribution in [2.24, 2.45) is 0 Å². The van der Waals surface area contributed by atoms with E-state index in [4.69, 9.17) is 4.74 Å². The van der Waals surface area contributed by atoms with Crippen molar-refractivity contribution < 1.29 is 14.3 Å². The fraction of sp³-hybridized carbons (Fsp3) is 0.750. The number of hydrogen-bond acceptors (Lipinski definition) is 6. The lowest BCUT2D eigenvalue weighted by atomic mass is 10.1. The van der Waals surface area contributed by atoms with Crippen molar-refractivity contribution in [3.8, 4) is 0 Å². The van der Waals surface area contributed by atoms with Gasteiger partial charge in [0.05, 0.1) is 6.61 Å². The lowest BCUT2D eigenvalue weighted by Crippen LogP contribution is -2.39. The van der Waals surface area contributed by atoms with Crippen LogP contribution in [0.25, 0.3) is 0 Å². The molecule has 0 spiro atoms. The van der Waals surface area contributed by atoms with E-state index in [1.807, 2.05) is 13.8 Å². The molecule has 0 radical (unpaired) electrons. The van der Waals surface area contributed by atoms with Crippen LogP contribution in [0.4, 0.5) is 0 Å². The average Bonchev–Trinajstić information content (AvgIpc) is 2.93. The highest BCUT2D eigenvalue weighted by atomic mass is 16.5. The van der Waals surface area contributed by atoms with Crippen molar-refractivity contribution in [2.45, 2.75) is 52.6 Å². The lowest BCUT2D eigenvalue weighted by Gasteiger charge is -2.18. The minimum Gasteiger partial charge on any atom is -0.460 e. The predicted octanol–water partition coefficient (Wildman–Crippen LogP) is 0.716. The van der Waals surface area contributed by atoms with Crippen LogP contribution in [0.3, 0.4) is 0 Å². The first-order valence-corrected chi connectivity index (χ1v) is 6.80. The summed E-state index contributed by atoms with van der Waals surface area (Å²) in [5.41, 5.74) is 0. The molecule has 1 unspecified atom stereocenters. The van der Waals surface area contributed by atoms with Gasteiger partial charge in [0.2, 0.25) is 5.91 Å². The number of carbonyl (C=O) groups excluding carboxylic acids is 2. The minimum atomic E-state index is -0.676.